The minimum Gasteiger partial charge on any atom is -0.376 e. The minimum absolute atomic E-state index is 0.806. The molecular formula is C12H17NO. The van der Waals surface area contributed by atoms with Gasteiger partial charge in [-0.2, -0.15) is 0 Å². The first kappa shape index (κ1) is 8.54. The van der Waals surface area contributed by atoms with E-state index in [9.17, 15) is 0 Å². The molecule has 1 aromatic heterocycles. The van der Waals surface area contributed by atoms with E-state index in [1.807, 2.05) is 0 Å². The van der Waals surface area contributed by atoms with Gasteiger partial charge in [-0.15, -0.1) is 0 Å². The Morgan fingerprint density at radius 1 is 1.29 bits per heavy atom. The predicted octanol–water partition coefficient (Wildman–Crippen LogP) is 2.75. The SMILES string of the molecule is c1c(C2CCCC2)[nH]c2c1COCC2. The Kier molecular flexibility index (Phi) is 2.09. The summed E-state index contributed by atoms with van der Waals surface area (Å²) in [4.78, 5) is 3.60. The second kappa shape index (κ2) is 3.43. The molecule has 1 saturated carbocycles. The molecule has 2 heteroatoms. The van der Waals surface area contributed by atoms with Crippen molar-refractivity contribution >= 4 is 0 Å². The number of aromatic amines is 1. The molecule has 2 nitrogen and oxygen atoms in total. The minimum atomic E-state index is 0.806. The lowest BCUT2D eigenvalue weighted by molar-refractivity contribution is 0.110. The quantitative estimate of drug-likeness (QED) is 0.725. The highest BCUT2D eigenvalue weighted by Crippen LogP contribution is 2.35. The number of ether oxygens (including phenoxy) is 1. The number of hydrogen-bond donors (Lipinski definition) is 1. The van der Waals surface area contributed by atoms with Gasteiger partial charge in [-0.05, 0) is 30.4 Å². The second-order valence-corrected chi connectivity index (χ2v) is 4.51. The van der Waals surface area contributed by atoms with Crippen LogP contribution in [-0.2, 0) is 17.8 Å². The van der Waals surface area contributed by atoms with Crippen LogP contribution in [0.2, 0.25) is 0 Å². The molecule has 3 rings (SSSR count). The Bertz CT molecular complexity index is 300. The van der Waals surface area contributed by atoms with Crippen LogP contribution in [0.25, 0.3) is 0 Å². The van der Waals surface area contributed by atoms with E-state index in [1.165, 1.54) is 42.6 Å². The summed E-state index contributed by atoms with van der Waals surface area (Å²) in [5.74, 6) is 0.806. The Labute approximate surface area is 84.7 Å². The molecule has 0 saturated heterocycles. The molecule has 0 spiro atoms. The Morgan fingerprint density at radius 2 is 2.14 bits per heavy atom. The van der Waals surface area contributed by atoms with Gasteiger partial charge in [-0.25, -0.2) is 0 Å². The maximum Gasteiger partial charge on any atom is 0.0734 e. The third-order valence-electron chi connectivity index (χ3n) is 3.56. The van der Waals surface area contributed by atoms with Crippen LogP contribution in [-0.4, -0.2) is 11.6 Å². The summed E-state index contributed by atoms with van der Waals surface area (Å²) >= 11 is 0. The van der Waals surface area contributed by atoms with Crippen LogP contribution in [0.5, 0.6) is 0 Å². The van der Waals surface area contributed by atoms with Gasteiger partial charge in [0.1, 0.15) is 0 Å². The van der Waals surface area contributed by atoms with Crippen LogP contribution in [0, 0.1) is 0 Å². The monoisotopic (exact) mass is 191 g/mol. The first-order chi connectivity index (χ1) is 6.93. The van der Waals surface area contributed by atoms with E-state index >= 15 is 0 Å². The lowest BCUT2D eigenvalue weighted by Gasteiger charge is -2.10. The van der Waals surface area contributed by atoms with Crippen molar-refractivity contribution in [1.82, 2.24) is 4.98 Å². The number of aromatic nitrogens is 1. The molecule has 0 amide bonds. The van der Waals surface area contributed by atoms with Crippen molar-refractivity contribution < 1.29 is 4.74 Å². The molecule has 1 fully saturated rings. The van der Waals surface area contributed by atoms with Crippen LogP contribution < -0.4 is 0 Å². The van der Waals surface area contributed by atoms with E-state index in [0.717, 1.165) is 25.6 Å². The van der Waals surface area contributed by atoms with E-state index in [4.69, 9.17) is 4.74 Å². The summed E-state index contributed by atoms with van der Waals surface area (Å²) in [7, 11) is 0. The normalized spacial score (nSPS) is 22.6. The summed E-state index contributed by atoms with van der Waals surface area (Å²) in [6.45, 7) is 1.70. The number of fused-ring (bicyclic) bond motifs is 1. The summed E-state index contributed by atoms with van der Waals surface area (Å²) in [6, 6.07) is 2.34. The lowest BCUT2D eigenvalue weighted by atomic mass is 10.0. The fourth-order valence-electron chi connectivity index (χ4n) is 2.73. The topological polar surface area (TPSA) is 25.0 Å². The van der Waals surface area contributed by atoms with Gasteiger partial charge in [0.2, 0.25) is 0 Å². The molecule has 0 unspecified atom stereocenters. The Balaban J connectivity index is 1.87. The Hall–Kier alpha value is -0.760. The van der Waals surface area contributed by atoms with Crippen molar-refractivity contribution in [2.24, 2.45) is 0 Å². The van der Waals surface area contributed by atoms with Gasteiger partial charge in [0, 0.05) is 17.8 Å². The molecule has 1 aromatic rings. The molecule has 76 valence electrons. The van der Waals surface area contributed by atoms with Crippen LogP contribution in [0.3, 0.4) is 0 Å². The van der Waals surface area contributed by atoms with E-state index in [0.29, 0.717) is 0 Å². The van der Waals surface area contributed by atoms with E-state index in [2.05, 4.69) is 11.1 Å². The molecule has 1 N–H and O–H groups in total. The van der Waals surface area contributed by atoms with E-state index in [-0.39, 0.29) is 0 Å². The first-order valence-corrected chi connectivity index (χ1v) is 5.72. The van der Waals surface area contributed by atoms with Gasteiger partial charge < -0.3 is 9.72 Å². The highest BCUT2D eigenvalue weighted by Gasteiger charge is 2.21. The standard InChI is InChI=1S/C12H17NO/c1-2-4-9(3-1)12-7-10-8-14-6-5-11(10)13-12/h7,9,13H,1-6,8H2. The molecule has 1 aliphatic heterocycles. The van der Waals surface area contributed by atoms with Crippen molar-refractivity contribution in [1.29, 1.82) is 0 Å². The van der Waals surface area contributed by atoms with Crippen molar-refractivity contribution in [3.8, 4) is 0 Å². The lowest BCUT2D eigenvalue weighted by Crippen LogP contribution is -2.07. The predicted molar refractivity (Wildman–Crippen MR) is 55.4 cm³/mol. The molecule has 2 aliphatic rings. The first-order valence-electron chi connectivity index (χ1n) is 5.72. The van der Waals surface area contributed by atoms with Gasteiger partial charge in [-0.3, -0.25) is 0 Å². The maximum absolute atomic E-state index is 5.45. The average molecular weight is 191 g/mol. The average Bonchev–Trinajstić information content (AvgIpc) is 2.86. The molecular weight excluding hydrogens is 174 g/mol. The molecule has 0 radical (unpaired) electrons. The van der Waals surface area contributed by atoms with Crippen molar-refractivity contribution in [2.45, 2.75) is 44.6 Å². The highest BCUT2D eigenvalue weighted by atomic mass is 16.5. The highest BCUT2D eigenvalue weighted by molar-refractivity contribution is 5.29. The van der Waals surface area contributed by atoms with Crippen LogP contribution in [0.4, 0.5) is 0 Å². The number of hydrogen-bond acceptors (Lipinski definition) is 1. The zero-order valence-electron chi connectivity index (χ0n) is 8.51. The molecule has 1 aliphatic carbocycles. The van der Waals surface area contributed by atoms with Gasteiger partial charge in [0.05, 0.1) is 13.2 Å². The fourth-order valence-corrected chi connectivity index (χ4v) is 2.73. The zero-order chi connectivity index (χ0) is 9.38. The van der Waals surface area contributed by atoms with Gasteiger partial charge in [-0.1, -0.05) is 12.8 Å². The number of nitrogens with one attached hydrogen (secondary N) is 1. The molecule has 0 aromatic carbocycles. The van der Waals surface area contributed by atoms with Crippen molar-refractivity contribution in [3.05, 3.63) is 23.0 Å². The van der Waals surface area contributed by atoms with Gasteiger partial charge >= 0.3 is 0 Å². The fraction of sp³-hybridized carbons (Fsp3) is 0.667. The van der Waals surface area contributed by atoms with E-state index in [1.54, 1.807) is 0 Å². The largest absolute Gasteiger partial charge is 0.376 e. The number of rotatable bonds is 1. The maximum atomic E-state index is 5.45. The van der Waals surface area contributed by atoms with Gasteiger partial charge in [0.15, 0.2) is 0 Å². The van der Waals surface area contributed by atoms with Crippen molar-refractivity contribution in [2.75, 3.05) is 6.61 Å². The van der Waals surface area contributed by atoms with Crippen LogP contribution >= 0.6 is 0 Å². The molecule has 2 heterocycles. The van der Waals surface area contributed by atoms with Crippen molar-refractivity contribution in [3.63, 3.8) is 0 Å². The molecule has 0 atom stereocenters. The molecule has 0 bridgehead atoms. The second-order valence-electron chi connectivity index (χ2n) is 4.51. The third kappa shape index (κ3) is 1.38. The summed E-state index contributed by atoms with van der Waals surface area (Å²) in [5.41, 5.74) is 4.30. The summed E-state index contributed by atoms with van der Waals surface area (Å²) in [5, 5.41) is 0. The number of H-pyrrole nitrogens is 1. The Morgan fingerprint density at radius 3 is 2.93 bits per heavy atom. The van der Waals surface area contributed by atoms with Crippen LogP contribution in [0.1, 0.15) is 48.6 Å². The molecule has 14 heavy (non-hydrogen) atoms. The summed E-state index contributed by atoms with van der Waals surface area (Å²) < 4.78 is 5.45. The zero-order valence-corrected chi connectivity index (χ0v) is 8.51. The third-order valence-corrected chi connectivity index (χ3v) is 3.56. The van der Waals surface area contributed by atoms with E-state index < -0.39 is 0 Å². The van der Waals surface area contributed by atoms with Gasteiger partial charge in [0.25, 0.3) is 0 Å². The van der Waals surface area contributed by atoms with Crippen LogP contribution in [0.15, 0.2) is 6.07 Å². The summed E-state index contributed by atoms with van der Waals surface area (Å²) in [6.07, 6.45) is 6.64. The smallest absolute Gasteiger partial charge is 0.0734 e.